The van der Waals surface area contributed by atoms with E-state index in [0.29, 0.717) is 24.5 Å². The summed E-state index contributed by atoms with van der Waals surface area (Å²) in [6.45, 7) is 4.02. The highest BCUT2D eigenvalue weighted by Gasteiger charge is 2.24. The molecule has 0 aromatic rings. The quantitative estimate of drug-likeness (QED) is 0.738. The van der Waals surface area contributed by atoms with Crippen LogP contribution in [0, 0.1) is 0 Å². The first kappa shape index (κ1) is 11.9. The Balaban J connectivity index is 1.73. The fraction of sp³-hybridized carbons (Fsp3) is 0.923. The van der Waals surface area contributed by atoms with Gasteiger partial charge in [0.05, 0.1) is 6.10 Å². The smallest absolute Gasteiger partial charge is 0.222 e. The highest BCUT2D eigenvalue weighted by Crippen LogP contribution is 2.20. The summed E-state index contributed by atoms with van der Waals surface area (Å²) in [6.07, 6.45) is 7.88. The molecule has 0 spiro atoms. The van der Waals surface area contributed by atoms with Crippen LogP contribution >= 0.6 is 0 Å². The molecule has 2 heterocycles. The molecular weight excluding hydrogens is 202 g/mol. The van der Waals surface area contributed by atoms with Gasteiger partial charge in [-0.15, -0.1) is 0 Å². The third-order valence-electron chi connectivity index (χ3n) is 3.83. The first-order valence-electron chi connectivity index (χ1n) is 6.68. The maximum atomic E-state index is 12.0. The lowest BCUT2D eigenvalue weighted by atomic mass is 10.0. The van der Waals surface area contributed by atoms with E-state index < -0.39 is 0 Å². The highest BCUT2D eigenvalue weighted by atomic mass is 16.5. The minimum atomic E-state index is 0.336. The van der Waals surface area contributed by atoms with E-state index in [-0.39, 0.29) is 0 Å². The normalized spacial score (nSPS) is 30.7. The molecule has 2 rings (SSSR count). The van der Waals surface area contributed by atoms with Gasteiger partial charge in [-0.05, 0) is 45.4 Å². The molecule has 0 saturated carbocycles. The van der Waals surface area contributed by atoms with Crippen LogP contribution in [0.2, 0.25) is 0 Å². The third-order valence-corrected chi connectivity index (χ3v) is 3.83. The summed E-state index contributed by atoms with van der Waals surface area (Å²) in [6, 6.07) is 0.450. The summed E-state index contributed by atoms with van der Waals surface area (Å²) in [5.74, 6) is 0.336. The summed E-state index contributed by atoms with van der Waals surface area (Å²) >= 11 is 0. The van der Waals surface area contributed by atoms with Crippen LogP contribution in [0.15, 0.2) is 0 Å². The number of hydrogen-bond acceptors (Lipinski definition) is 2. The van der Waals surface area contributed by atoms with Crippen molar-refractivity contribution in [2.24, 2.45) is 0 Å². The van der Waals surface area contributed by atoms with Gasteiger partial charge in [-0.3, -0.25) is 4.79 Å². The molecule has 1 amide bonds. The molecule has 3 heteroatoms. The summed E-state index contributed by atoms with van der Waals surface area (Å²) in [4.78, 5) is 14.1. The molecule has 2 saturated heterocycles. The minimum absolute atomic E-state index is 0.336. The monoisotopic (exact) mass is 225 g/mol. The zero-order valence-electron chi connectivity index (χ0n) is 10.3. The summed E-state index contributed by atoms with van der Waals surface area (Å²) in [5.41, 5.74) is 0. The van der Waals surface area contributed by atoms with Crippen LogP contribution in [0.4, 0.5) is 0 Å². The van der Waals surface area contributed by atoms with Crippen molar-refractivity contribution in [3.05, 3.63) is 0 Å². The lowest BCUT2D eigenvalue weighted by molar-refractivity contribution is -0.135. The van der Waals surface area contributed by atoms with Crippen LogP contribution in [-0.2, 0) is 9.53 Å². The number of rotatable bonds is 3. The molecule has 0 aromatic carbocycles. The Morgan fingerprint density at radius 1 is 1.31 bits per heavy atom. The zero-order valence-corrected chi connectivity index (χ0v) is 10.3. The zero-order chi connectivity index (χ0) is 11.4. The highest BCUT2D eigenvalue weighted by molar-refractivity contribution is 5.76. The van der Waals surface area contributed by atoms with Crippen molar-refractivity contribution in [3.8, 4) is 0 Å². The first-order valence-corrected chi connectivity index (χ1v) is 6.68. The number of hydrogen-bond donors (Lipinski definition) is 0. The van der Waals surface area contributed by atoms with Gasteiger partial charge in [-0.25, -0.2) is 0 Å². The molecule has 0 radical (unpaired) electrons. The first-order chi connectivity index (χ1) is 7.77. The molecule has 2 aliphatic heterocycles. The van der Waals surface area contributed by atoms with Crippen molar-refractivity contribution < 1.29 is 9.53 Å². The molecule has 2 atom stereocenters. The predicted molar refractivity (Wildman–Crippen MR) is 63.2 cm³/mol. The molecule has 0 bridgehead atoms. The van der Waals surface area contributed by atoms with Crippen molar-refractivity contribution in [2.45, 2.75) is 64.0 Å². The van der Waals surface area contributed by atoms with Crippen molar-refractivity contribution in [3.63, 3.8) is 0 Å². The molecule has 3 nitrogen and oxygen atoms in total. The van der Waals surface area contributed by atoms with Crippen molar-refractivity contribution in [1.82, 2.24) is 4.90 Å². The Bertz CT molecular complexity index is 236. The average Bonchev–Trinajstić information content (AvgIpc) is 2.79. The van der Waals surface area contributed by atoms with Crippen molar-refractivity contribution in [1.29, 1.82) is 0 Å². The summed E-state index contributed by atoms with van der Waals surface area (Å²) in [7, 11) is 0. The van der Waals surface area contributed by atoms with E-state index in [9.17, 15) is 4.79 Å². The predicted octanol–water partition coefficient (Wildman–Crippen LogP) is 2.35. The van der Waals surface area contributed by atoms with Crippen LogP contribution in [0.3, 0.4) is 0 Å². The van der Waals surface area contributed by atoms with Gasteiger partial charge in [-0.1, -0.05) is 0 Å². The Hall–Kier alpha value is -0.570. The maximum Gasteiger partial charge on any atom is 0.222 e. The number of amides is 1. The van der Waals surface area contributed by atoms with E-state index in [4.69, 9.17) is 4.74 Å². The SMILES string of the molecule is C[C@H]1CCCCN1C(=O)CC[C@H]1CCCO1. The van der Waals surface area contributed by atoms with E-state index in [1.807, 2.05) is 0 Å². The molecule has 0 N–H and O–H groups in total. The topological polar surface area (TPSA) is 29.5 Å². The fourth-order valence-corrected chi connectivity index (χ4v) is 2.77. The van der Waals surface area contributed by atoms with Gasteiger partial charge in [0.15, 0.2) is 0 Å². The number of ether oxygens (including phenoxy) is 1. The molecule has 0 aliphatic carbocycles. The number of carbonyl (C=O) groups excluding carboxylic acids is 1. The summed E-state index contributed by atoms with van der Waals surface area (Å²) in [5, 5.41) is 0. The third kappa shape index (κ3) is 2.97. The second kappa shape index (κ2) is 5.67. The molecule has 0 aromatic heterocycles. The van der Waals surface area contributed by atoms with Crippen molar-refractivity contribution in [2.75, 3.05) is 13.2 Å². The van der Waals surface area contributed by atoms with Gasteiger partial charge in [0, 0.05) is 25.6 Å². The number of piperidine rings is 1. The van der Waals surface area contributed by atoms with Gasteiger partial charge < -0.3 is 9.64 Å². The maximum absolute atomic E-state index is 12.0. The van der Waals surface area contributed by atoms with Crippen LogP contribution in [-0.4, -0.2) is 36.1 Å². The number of likely N-dealkylation sites (tertiary alicyclic amines) is 1. The van der Waals surface area contributed by atoms with Crippen LogP contribution in [0.5, 0.6) is 0 Å². The molecule has 2 fully saturated rings. The summed E-state index contributed by atoms with van der Waals surface area (Å²) < 4.78 is 5.55. The lowest BCUT2D eigenvalue weighted by Crippen LogP contribution is -2.42. The Kier molecular flexibility index (Phi) is 4.22. The molecule has 92 valence electrons. The largest absolute Gasteiger partial charge is 0.378 e. The van der Waals surface area contributed by atoms with E-state index >= 15 is 0 Å². The molecular formula is C13H23NO2. The van der Waals surface area contributed by atoms with Crippen LogP contribution < -0.4 is 0 Å². The van der Waals surface area contributed by atoms with Gasteiger partial charge in [-0.2, -0.15) is 0 Å². The standard InChI is InChI=1S/C13H23NO2/c1-11-5-2-3-9-14(11)13(15)8-7-12-6-4-10-16-12/h11-12H,2-10H2,1H3/t11-,12+/m0/s1. The van der Waals surface area contributed by atoms with Crippen LogP contribution in [0.1, 0.15) is 51.9 Å². The lowest BCUT2D eigenvalue weighted by Gasteiger charge is -2.33. The van der Waals surface area contributed by atoms with Gasteiger partial charge >= 0.3 is 0 Å². The number of nitrogens with zero attached hydrogens (tertiary/aromatic N) is 1. The Morgan fingerprint density at radius 3 is 2.88 bits per heavy atom. The van der Waals surface area contributed by atoms with E-state index in [2.05, 4.69) is 11.8 Å². The average molecular weight is 225 g/mol. The molecule has 2 aliphatic rings. The Labute approximate surface area is 98.1 Å². The minimum Gasteiger partial charge on any atom is -0.378 e. The Morgan fingerprint density at radius 2 is 2.19 bits per heavy atom. The number of carbonyl (C=O) groups is 1. The fourth-order valence-electron chi connectivity index (χ4n) is 2.77. The molecule has 0 unspecified atom stereocenters. The van der Waals surface area contributed by atoms with Crippen molar-refractivity contribution >= 4 is 5.91 Å². The molecule has 16 heavy (non-hydrogen) atoms. The second-order valence-corrected chi connectivity index (χ2v) is 5.11. The van der Waals surface area contributed by atoms with Gasteiger partial charge in [0.1, 0.15) is 0 Å². The van der Waals surface area contributed by atoms with Gasteiger partial charge in [0.2, 0.25) is 5.91 Å². The van der Waals surface area contributed by atoms with E-state index in [0.717, 1.165) is 26.0 Å². The van der Waals surface area contributed by atoms with Gasteiger partial charge in [0.25, 0.3) is 0 Å². The second-order valence-electron chi connectivity index (χ2n) is 5.11. The van der Waals surface area contributed by atoms with E-state index in [1.165, 1.54) is 25.7 Å². The van der Waals surface area contributed by atoms with E-state index in [1.54, 1.807) is 0 Å². The van der Waals surface area contributed by atoms with Crippen LogP contribution in [0.25, 0.3) is 0 Å².